The minimum Gasteiger partial charge on any atom is -0.455 e. The van der Waals surface area contributed by atoms with Crippen LogP contribution in [0.3, 0.4) is 0 Å². The molecular formula is C27H34N4O3. The minimum atomic E-state index is -0.549. The summed E-state index contributed by atoms with van der Waals surface area (Å²) in [7, 11) is 0. The summed E-state index contributed by atoms with van der Waals surface area (Å²) in [4.78, 5) is 14.6. The Hall–Kier alpha value is -3.03. The first-order chi connectivity index (χ1) is 16.7. The lowest BCUT2D eigenvalue weighted by Crippen LogP contribution is -2.46. The number of carbonyl (C=O) groups excluding carboxylic acids is 1. The number of ether oxygens (including phenoxy) is 1. The third-order valence-electron chi connectivity index (χ3n) is 6.51. The lowest BCUT2D eigenvalue weighted by molar-refractivity contribution is -0.0102. The van der Waals surface area contributed by atoms with E-state index in [-0.39, 0.29) is 18.7 Å². The molecule has 0 radical (unpaired) electrons. The number of nitrogens with zero attached hydrogens (tertiary/aromatic N) is 4. The van der Waals surface area contributed by atoms with Crippen molar-refractivity contribution in [2.45, 2.75) is 63.8 Å². The highest BCUT2D eigenvalue weighted by molar-refractivity contribution is 5.89. The maximum atomic E-state index is 12.2. The summed E-state index contributed by atoms with van der Waals surface area (Å²) in [5.74, 6) is -0.393. The van der Waals surface area contributed by atoms with Crippen LogP contribution in [0.5, 0.6) is 0 Å². The number of esters is 1. The summed E-state index contributed by atoms with van der Waals surface area (Å²) in [5.41, 5.74) is 2.32. The average Bonchev–Trinajstić information content (AvgIpc) is 3.35. The molecule has 7 nitrogen and oxygen atoms in total. The van der Waals surface area contributed by atoms with Crippen molar-refractivity contribution in [1.29, 1.82) is 0 Å². The van der Waals surface area contributed by atoms with E-state index in [1.165, 1.54) is 24.8 Å². The number of hydrogen-bond acceptors (Lipinski definition) is 6. The molecule has 1 saturated heterocycles. The van der Waals surface area contributed by atoms with Gasteiger partial charge in [0.1, 0.15) is 12.3 Å². The van der Waals surface area contributed by atoms with Gasteiger partial charge in [0, 0.05) is 12.6 Å². The van der Waals surface area contributed by atoms with E-state index in [1.54, 1.807) is 35.1 Å². The maximum absolute atomic E-state index is 12.2. The Balaban J connectivity index is 1.42. The van der Waals surface area contributed by atoms with E-state index >= 15 is 0 Å². The molecule has 1 aliphatic heterocycles. The van der Waals surface area contributed by atoms with Crippen LogP contribution in [0.25, 0.3) is 0 Å². The number of likely N-dealkylation sites (tertiary alicyclic amines) is 1. The predicted molar refractivity (Wildman–Crippen MR) is 130 cm³/mol. The molecular weight excluding hydrogens is 428 g/mol. The van der Waals surface area contributed by atoms with Crippen LogP contribution in [0.1, 0.15) is 72.7 Å². The van der Waals surface area contributed by atoms with E-state index in [1.807, 2.05) is 12.1 Å². The Kier molecular flexibility index (Phi) is 8.44. The molecule has 1 aliphatic rings. The van der Waals surface area contributed by atoms with Crippen LogP contribution >= 0.6 is 0 Å². The highest BCUT2D eigenvalue weighted by Crippen LogP contribution is 2.36. The molecule has 0 saturated carbocycles. The Labute approximate surface area is 201 Å². The van der Waals surface area contributed by atoms with E-state index in [4.69, 9.17) is 4.74 Å². The standard InChI is InChI=1S/C27H34N4O3/c1-2-3-4-11-16-30-19-26(32)25(17-24(30)21-12-7-5-8-13-21)31-18-23(28-29-31)20-34-27(33)22-14-9-6-10-15-22/h5-10,12-15,18,24-26,32H,2-4,11,16-17,19-20H2,1H3/t24-,25+,26+/m1/s1. The van der Waals surface area contributed by atoms with Crippen LogP contribution in [0.15, 0.2) is 66.9 Å². The summed E-state index contributed by atoms with van der Waals surface area (Å²) < 4.78 is 7.12. The summed E-state index contributed by atoms with van der Waals surface area (Å²) >= 11 is 0. The fourth-order valence-corrected chi connectivity index (χ4v) is 4.66. The molecule has 34 heavy (non-hydrogen) atoms. The molecule has 0 bridgehead atoms. The molecule has 180 valence electrons. The largest absolute Gasteiger partial charge is 0.455 e. The molecule has 4 rings (SSSR count). The van der Waals surface area contributed by atoms with Crippen molar-refractivity contribution in [3.05, 3.63) is 83.7 Å². The van der Waals surface area contributed by atoms with Crippen molar-refractivity contribution in [2.75, 3.05) is 13.1 Å². The van der Waals surface area contributed by atoms with Crippen LogP contribution in [0.2, 0.25) is 0 Å². The Morgan fingerprint density at radius 3 is 2.53 bits per heavy atom. The molecule has 0 amide bonds. The average molecular weight is 463 g/mol. The molecule has 0 aliphatic carbocycles. The van der Waals surface area contributed by atoms with Gasteiger partial charge < -0.3 is 9.84 Å². The van der Waals surface area contributed by atoms with Gasteiger partial charge in [-0.3, -0.25) is 4.90 Å². The number of β-amino-alcohol motifs (C(OH)–C–C–N with tert-alkyl or cyclic N) is 1. The number of aliphatic hydroxyl groups excluding tert-OH is 1. The molecule has 0 spiro atoms. The van der Waals surface area contributed by atoms with Gasteiger partial charge in [-0.15, -0.1) is 5.10 Å². The van der Waals surface area contributed by atoms with E-state index in [0.717, 1.165) is 19.4 Å². The maximum Gasteiger partial charge on any atom is 0.338 e. The topological polar surface area (TPSA) is 80.5 Å². The third-order valence-corrected chi connectivity index (χ3v) is 6.51. The van der Waals surface area contributed by atoms with Crippen molar-refractivity contribution in [3.63, 3.8) is 0 Å². The number of piperidine rings is 1. The van der Waals surface area contributed by atoms with Gasteiger partial charge in [0.15, 0.2) is 0 Å². The first kappa shape index (κ1) is 24.1. The Morgan fingerprint density at radius 1 is 1.06 bits per heavy atom. The minimum absolute atomic E-state index is 0.0439. The number of hydrogen-bond donors (Lipinski definition) is 1. The zero-order valence-corrected chi connectivity index (χ0v) is 19.8. The van der Waals surface area contributed by atoms with Gasteiger partial charge in [0.25, 0.3) is 0 Å². The normalized spacial score (nSPS) is 20.8. The first-order valence-electron chi connectivity index (χ1n) is 12.3. The van der Waals surface area contributed by atoms with Crippen molar-refractivity contribution in [2.24, 2.45) is 0 Å². The second-order valence-electron chi connectivity index (χ2n) is 8.98. The van der Waals surface area contributed by atoms with Gasteiger partial charge in [-0.05, 0) is 37.1 Å². The summed E-state index contributed by atoms with van der Waals surface area (Å²) in [6, 6.07) is 19.4. The molecule has 0 unspecified atom stereocenters. The van der Waals surface area contributed by atoms with Crippen molar-refractivity contribution in [3.8, 4) is 0 Å². The van der Waals surface area contributed by atoms with E-state index in [9.17, 15) is 9.90 Å². The number of unbranched alkanes of at least 4 members (excludes halogenated alkanes) is 3. The van der Waals surface area contributed by atoms with Crippen LogP contribution in [0.4, 0.5) is 0 Å². The number of benzene rings is 2. The number of rotatable bonds is 10. The smallest absolute Gasteiger partial charge is 0.338 e. The van der Waals surface area contributed by atoms with E-state index in [0.29, 0.717) is 17.8 Å². The first-order valence-corrected chi connectivity index (χ1v) is 12.3. The van der Waals surface area contributed by atoms with Crippen LogP contribution in [-0.2, 0) is 11.3 Å². The second kappa shape index (κ2) is 11.9. The van der Waals surface area contributed by atoms with Crippen LogP contribution in [0, 0.1) is 0 Å². The monoisotopic (exact) mass is 462 g/mol. The van der Waals surface area contributed by atoms with E-state index < -0.39 is 12.1 Å². The van der Waals surface area contributed by atoms with Crippen LogP contribution in [-0.4, -0.2) is 50.2 Å². The summed E-state index contributed by atoms with van der Waals surface area (Å²) in [5, 5.41) is 19.5. The predicted octanol–water partition coefficient (Wildman–Crippen LogP) is 4.56. The van der Waals surface area contributed by atoms with Gasteiger partial charge in [0.2, 0.25) is 0 Å². The molecule has 2 aromatic carbocycles. The van der Waals surface area contributed by atoms with Gasteiger partial charge in [0.05, 0.1) is 23.9 Å². The molecule has 3 atom stereocenters. The number of aliphatic hydroxyl groups is 1. The quantitative estimate of drug-likeness (QED) is 0.351. The summed E-state index contributed by atoms with van der Waals surface area (Å²) in [6.45, 7) is 3.83. The Bertz CT molecular complexity index is 1020. The molecule has 3 aromatic rings. The molecule has 1 fully saturated rings. The second-order valence-corrected chi connectivity index (χ2v) is 8.98. The molecule has 7 heteroatoms. The van der Waals surface area contributed by atoms with Crippen LogP contribution < -0.4 is 0 Å². The van der Waals surface area contributed by atoms with Crippen molar-refractivity contribution in [1.82, 2.24) is 19.9 Å². The lowest BCUT2D eigenvalue weighted by atomic mass is 9.89. The highest BCUT2D eigenvalue weighted by Gasteiger charge is 2.36. The number of carbonyl (C=O) groups is 1. The van der Waals surface area contributed by atoms with Gasteiger partial charge in [-0.1, -0.05) is 79.9 Å². The molecule has 1 N–H and O–H groups in total. The third kappa shape index (κ3) is 6.10. The van der Waals surface area contributed by atoms with Gasteiger partial charge in [-0.25, -0.2) is 9.48 Å². The van der Waals surface area contributed by atoms with Crippen molar-refractivity contribution < 1.29 is 14.6 Å². The number of aromatic nitrogens is 3. The zero-order chi connectivity index (χ0) is 23.8. The summed E-state index contributed by atoms with van der Waals surface area (Å²) in [6.07, 6.45) is 6.77. The SMILES string of the molecule is CCCCCCN1C[C@H](O)[C@@H](n2cc(COC(=O)c3ccccc3)nn2)C[C@@H]1c1ccccc1. The zero-order valence-electron chi connectivity index (χ0n) is 19.8. The fraction of sp³-hybridized carbons (Fsp3) is 0.444. The fourth-order valence-electron chi connectivity index (χ4n) is 4.66. The van der Waals surface area contributed by atoms with Gasteiger partial charge >= 0.3 is 5.97 Å². The van der Waals surface area contributed by atoms with E-state index in [2.05, 4.69) is 46.4 Å². The van der Waals surface area contributed by atoms with Crippen molar-refractivity contribution >= 4 is 5.97 Å². The molecule has 1 aromatic heterocycles. The Morgan fingerprint density at radius 2 is 1.79 bits per heavy atom. The highest BCUT2D eigenvalue weighted by atomic mass is 16.5. The van der Waals surface area contributed by atoms with Gasteiger partial charge in [-0.2, -0.15) is 0 Å². The molecule has 2 heterocycles. The lowest BCUT2D eigenvalue weighted by Gasteiger charge is -2.42.